The van der Waals surface area contributed by atoms with E-state index in [1.807, 2.05) is 13.8 Å². The summed E-state index contributed by atoms with van der Waals surface area (Å²) in [6, 6.07) is 8.40. The third kappa shape index (κ3) is 3.44. The number of nitrogens with zero attached hydrogens (tertiary/aromatic N) is 2. The largest absolute Gasteiger partial charge is 0.465 e. The quantitative estimate of drug-likeness (QED) is 0.375. The van der Waals surface area contributed by atoms with E-state index in [9.17, 15) is 4.79 Å². The number of esters is 1. The van der Waals surface area contributed by atoms with E-state index < -0.39 is 0 Å². The molecule has 2 heterocycles. The minimum absolute atomic E-state index is 0.221. The average molecular weight is 358 g/mol. The normalized spacial score (nSPS) is 12.3. The number of fused-ring (bicyclic) bond motifs is 1. The third-order valence-corrected chi connectivity index (χ3v) is 5.57. The number of hydrogen-bond donors (Lipinski definition) is 0. The Morgan fingerprint density at radius 2 is 2.04 bits per heavy atom. The van der Waals surface area contributed by atoms with Gasteiger partial charge in [0.2, 0.25) is 0 Å². The van der Waals surface area contributed by atoms with Gasteiger partial charge in [-0.05, 0) is 26.3 Å². The van der Waals surface area contributed by atoms with Crippen molar-refractivity contribution in [2.24, 2.45) is 0 Å². The van der Waals surface area contributed by atoms with Crippen LogP contribution >= 0.6 is 23.1 Å². The molecule has 4 nitrogen and oxygen atoms in total. The highest BCUT2D eigenvalue weighted by molar-refractivity contribution is 8.00. The lowest BCUT2D eigenvalue weighted by atomic mass is 10.1. The number of aromatic nitrogens is 2. The van der Waals surface area contributed by atoms with E-state index >= 15 is 0 Å². The number of ether oxygens (including phenoxy) is 1. The third-order valence-electron chi connectivity index (χ3n) is 3.60. The number of aryl methyl sites for hydroxylation is 1. The molecule has 0 aliphatic heterocycles. The maximum atomic E-state index is 11.9. The summed E-state index contributed by atoms with van der Waals surface area (Å²) in [5.41, 5.74) is 3.46. The van der Waals surface area contributed by atoms with Crippen LogP contribution in [0.15, 0.2) is 41.0 Å². The van der Waals surface area contributed by atoms with Crippen LogP contribution in [-0.4, -0.2) is 27.8 Å². The summed E-state index contributed by atoms with van der Waals surface area (Å²) in [7, 11) is 0. The van der Waals surface area contributed by atoms with Gasteiger partial charge in [0, 0.05) is 10.9 Å². The SMILES string of the molecule is CCOC(=O)C(C)Sc1ncnc2scc(-c3ccc(C)cc3)c12. The van der Waals surface area contributed by atoms with Crippen LogP contribution in [0.25, 0.3) is 21.3 Å². The number of thioether (sulfide) groups is 1. The van der Waals surface area contributed by atoms with Crippen molar-refractivity contribution in [3.8, 4) is 11.1 Å². The Hall–Kier alpha value is -1.92. The maximum Gasteiger partial charge on any atom is 0.319 e. The summed E-state index contributed by atoms with van der Waals surface area (Å²) in [5, 5.41) is 3.61. The number of carbonyl (C=O) groups excluding carboxylic acids is 1. The van der Waals surface area contributed by atoms with Crippen molar-refractivity contribution in [2.45, 2.75) is 31.0 Å². The van der Waals surface area contributed by atoms with E-state index in [-0.39, 0.29) is 11.2 Å². The minimum atomic E-state index is -0.311. The molecule has 3 aromatic rings. The van der Waals surface area contributed by atoms with Crippen LogP contribution in [0, 0.1) is 6.92 Å². The van der Waals surface area contributed by atoms with E-state index in [1.165, 1.54) is 17.3 Å². The summed E-state index contributed by atoms with van der Waals surface area (Å²) in [6.07, 6.45) is 1.55. The van der Waals surface area contributed by atoms with Crippen molar-refractivity contribution < 1.29 is 9.53 Å². The molecule has 0 radical (unpaired) electrons. The zero-order valence-electron chi connectivity index (χ0n) is 13.8. The standard InChI is InChI=1S/C18H18N2O2S2/c1-4-22-18(21)12(3)24-17-15-14(9-23-16(15)19-10-20-17)13-7-5-11(2)6-8-13/h5-10,12H,4H2,1-3H3. The van der Waals surface area contributed by atoms with Gasteiger partial charge in [-0.2, -0.15) is 0 Å². The fourth-order valence-electron chi connectivity index (χ4n) is 2.36. The Labute approximate surface area is 149 Å². The number of carbonyl (C=O) groups is 1. The van der Waals surface area contributed by atoms with E-state index in [1.54, 1.807) is 17.7 Å². The molecule has 1 aromatic carbocycles. The molecule has 0 bridgehead atoms. The van der Waals surface area contributed by atoms with Crippen molar-refractivity contribution in [3.63, 3.8) is 0 Å². The van der Waals surface area contributed by atoms with Crippen LogP contribution in [0.5, 0.6) is 0 Å². The van der Waals surface area contributed by atoms with Gasteiger partial charge in [-0.1, -0.05) is 41.6 Å². The van der Waals surface area contributed by atoms with E-state index in [4.69, 9.17) is 4.74 Å². The minimum Gasteiger partial charge on any atom is -0.465 e. The molecule has 24 heavy (non-hydrogen) atoms. The summed E-state index contributed by atoms with van der Waals surface area (Å²) in [4.78, 5) is 21.6. The van der Waals surface area contributed by atoms with Gasteiger partial charge < -0.3 is 4.74 Å². The zero-order valence-corrected chi connectivity index (χ0v) is 15.4. The Morgan fingerprint density at radius 1 is 1.29 bits per heavy atom. The van der Waals surface area contributed by atoms with Gasteiger partial charge in [0.05, 0.1) is 12.0 Å². The highest BCUT2D eigenvalue weighted by Gasteiger charge is 2.20. The van der Waals surface area contributed by atoms with Crippen molar-refractivity contribution in [1.29, 1.82) is 0 Å². The highest BCUT2D eigenvalue weighted by Crippen LogP contribution is 2.39. The van der Waals surface area contributed by atoms with Gasteiger partial charge in [0.1, 0.15) is 21.4 Å². The molecule has 0 spiro atoms. The summed E-state index contributed by atoms with van der Waals surface area (Å²) < 4.78 is 5.10. The second-order valence-corrected chi connectivity index (χ2v) is 7.57. The van der Waals surface area contributed by atoms with Crippen LogP contribution in [0.3, 0.4) is 0 Å². The lowest BCUT2D eigenvalue weighted by Crippen LogP contribution is -2.16. The van der Waals surface area contributed by atoms with Gasteiger partial charge in [0.25, 0.3) is 0 Å². The number of benzene rings is 1. The Balaban J connectivity index is 2.01. The Kier molecular flexibility index (Phi) is 5.16. The molecule has 1 atom stereocenters. The molecule has 0 aliphatic rings. The van der Waals surface area contributed by atoms with Gasteiger partial charge in [-0.3, -0.25) is 4.79 Å². The first kappa shape index (κ1) is 16.9. The Morgan fingerprint density at radius 3 is 2.75 bits per heavy atom. The average Bonchev–Trinajstić information content (AvgIpc) is 3.01. The lowest BCUT2D eigenvalue weighted by Gasteiger charge is -2.11. The molecule has 2 aromatic heterocycles. The van der Waals surface area contributed by atoms with Gasteiger partial charge in [0.15, 0.2) is 0 Å². The van der Waals surface area contributed by atoms with Gasteiger partial charge in [-0.15, -0.1) is 11.3 Å². The maximum absolute atomic E-state index is 11.9. The number of hydrogen-bond acceptors (Lipinski definition) is 6. The predicted molar refractivity (Wildman–Crippen MR) is 99.5 cm³/mol. The smallest absolute Gasteiger partial charge is 0.319 e. The van der Waals surface area contributed by atoms with Crippen LogP contribution in [0.2, 0.25) is 0 Å². The number of thiophene rings is 1. The van der Waals surface area contributed by atoms with E-state index in [2.05, 4.69) is 46.5 Å². The second-order valence-electron chi connectivity index (χ2n) is 5.39. The zero-order chi connectivity index (χ0) is 17.1. The first-order valence-electron chi connectivity index (χ1n) is 7.72. The summed E-state index contributed by atoms with van der Waals surface area (Å²) in [6.45, 7) is 6.11. The van der Waals surface area contributed by atoms with Crippen LogP contribution < -0.4 is 0 Å². The van der Waals surface area contributed by atoms with E-state index in [0.29, 0.717) is 6.61 Å². The molecule has 0 N–H and O–H groups in total. The van der Waals surface area contributed by atoms with Gasteiger partial charge in [-0.25, -0.2) is 9.97 Å². The second kappa shape index (κ2) is 7.32. The molecular weight excluding hydrogens is 340 g/mol. The molecule has 6 heteroatoms. The first-order valence-corrected chi connectivity index (χ1v) is 9.48. The van der Waals surface area contributed by atoms with Crippen LogP contribution in [0.4, 0.5) is 0 Å². The predicted octanol–water partition coefficient (Wildman–Crippen LogP) is 4.71. The highest BCUT2D eigenvalue weighted by atomic mass is 32.2. The van der Waals surface area contributed by atoms with Crippen molar-refractivity contribution in [2.75, 3.05) is 6.61 Å². The monoisotopic (exact) mass is 358 g/mol. The van der Waals surface area contributed by atoms with E-state index in [0.717, 1.165) is 26.4 Å². The fourth-order valence-corrected chi connectivity index (χ4v) is 4.27. The summed E-state index contributed by atoms with van der Waals surface area (Å²) >= 11 is 3.01. The van der Waals surface area contributed by atoms with Crippen molar-refractivity contribution >= 4 is 39.3 Å². The molecule has 1 unspecified atom stereocenters. The van der Waals surface area contributed by atoms with Crippen LogP contribution in [-0.2, 0) is 9.53 Å². The topological polar surface area (TPSA) is 52.1 Å². The Bertz CT molecular complexity index is 859. The van der Waals surface area contributed by atoms with Gasteiger partial charge >= 0.3 is 5.97 Å². The fraction of sp³-hybridized carbons (Fsp3) is 0.278. The van der Waals surface area contributed by atoms with Crippen molar-refractivity contribution in [1.82, 2.24) is 9.97 Å². The molecule has 3 rings (SSSR count). The molecule has 124 valence electrons. The summed E-state index contributed by atoms with van der Waals surface area (Å²) in [5.74, 6) is -0.221. The van der Waals surface area contributed by atoms with Crippen molar-refractivity contribution in [3.05, 3.63) is 41.5 Å². The number of rotatable bonds is 5. The molecule has 0 fully saturated rings. The molecule has 0 saturated carbocycles. The molecule has 0 saturated heterocycles. The first-order chi connectivity index (χ1) is 11.6. The molecular formula is C18H18N2O2S2. The lowest BCUT2D eigenvalue weighted by molar-refractivity contribution is -0.142. The molecule has 0 amide bonds. The van der Waals surface area contributed by atoms with Crippen LogP contribution in [0.1, 0.15) is 19.4 Å². The molecule has 0 aliphatic carbocycles.